The van der Waals surface area contributed by atoms with Gasteiger partial charge in [-0.3, -0.25) is 0 Å². The molecule has 4 heteroatoms. The minimum Gasteiger partial charge on any atom is -1.00 e. The summed E-state index contributed by atoms with van der Waals surface area (Å²) in [6.07, 6.45) is 0.0915. The molecule has 0 aromatic rings. The van der Waals surface area contributed by atoms with Crippen LogP contribution in [-0.2, 0) is 4.74 Å². The van der Waals surface area contributed by atoms with Crippen molar-refractivity contribution in [2.45, 2.75) is 19.3 Å². The Balaban J connectivity index is 0.000001000. The van der Waals surface area contributed by atoms with Gasteiger partial charge in [0.1, 0.15) is 12.6 Å². The van der Waals surface area contributed by atoms with Crippen molar-refractivity contribution in [3.63, 3.8) is 0 Å². The minimum absolute atomic E-state index is 0. The highest BCUT2D eigenvalue weighted by Gasteiger charge is 2.33. The number of aliphatic hydroxyl groups is 1. The Morgan fingerprint density at radius 1 is 1.64 bits per heavy atom. The van der Waals surface area contributed by atoms with Crippen molar-refractivity contribution >= 4 is 0 Å². The van der Waals surface area contributed by atoms with E-state index < -0.39 is 0 Å². The Kier molecular flexibility index (Phi) is 3.77. The molecule has 68 valence electrons. The quantitative estimate of drug-likeness (QED) is 0.283. The SMILES string of the molecule is CC(O)[N+](C)(C)CC1CO1.[Cl-]. The van der Waals surface area contributed by atoms with Crippen LogP contribution in [0.25, 0.3) is 0 Å². The second kappa shape index (κ2) is 3.72. The average Bonchev–Trinajstić information content (AvgIpc) is 2.48. The van der Waals surface area contributed by atoms with Crippen molar-refractivity contribution in [2.75, 3.05) is 27.2 Å². The summed E-state index contributed by atoms with van der Waals surface area (Å²) >= 11 is 0. The van der Waals surface area contributed by atoms with Gasteiger partial charge in [-0.25, -0.2) is 0 Å². The molecule has 1 N–H and O–H groups in total. The Hall–Kier alpha value is 0.170. The molecule has 1 saturated heterocycles. The zero-order valence-electron chi connectivity index (χ0n) is 7.25. The summed E-state index contributed by atoms with van der Waals surface area (Å²) in [4.78, 5) is 0. The number of epoxide rings is 1. The van der Waals surface area contributed by atoms with Crippen LogP contribution in [0.15, 0.2) is 0 Å². The van der Waals surface area contributed by atoms with E-state index in [9.17, 15) is 5.11 Å². The lowest BCUT2D eigenvalue weighted by Crippen LogP contribution is -3.00. The van der Waals surface area contributed by atoms with E-state index in [-0.39, 0.29) is 18.6 Å². The Morgan fingerprint density at radius 2 is 2.09 bits per heavy atom. The first-order valence-corrected chi connectivity index (χ1v) is 3.65. The highest BCUT2D eigenvalue weighted by Crippen LogP contribution is 2.15. The van der Waals surface area contributed by atoms with E-state index in [0.717, 1.165) is 13.2 Å². The van der Waals surface area contributed by atoms with Gasteiger partial charge in [0, 0.05) is 6.92 Å². The molecule has 0 spiro atoms. The zero-order valence-corrected chi connectivity index (χ0v) is 8.01. The first-order chi connectivity index (χ1) is 4.52. The van der Waals surface area contributed by atoms with Gasteiger partial charge in [0.15, 0.2) is 6.23 Å². The third-order valence-corrected chi connectivity index (χ3v) is 2.09. The second-order valence-corrected chi connectivity index (χ2v) is 3.55. The van der Waals surface area contributed by atoms with Crippen LogP contribution in [-0.4, -0.2) is 49.2 Å². The van der Waals surface area contributed by atoms with Crippen molar-refractivity contribution in [3.05, 3.63) is 0 Å². The number of ether oxygens (including phenoxy) is 1. The third kappa shape index (κ3) is 3.38. The van der Waals surface area contributed by atoms with Gasteiger partial charge >= 0.3 is 0 Å². The fourth-order valence-corrected chi connectivity index (χ4v) is 0.851. The molecule has 2 unspecified atom stereocenters. The van der Waals surface area contributed by atoms with Crippen molar-refractivity contribution in [1.29, 1.82) is 0 Å². The molecule has 0 amide bonds. The summed E-state index contributed by atoms with van der Waals surface area (Å²) in [5, 5.41) is 9.27. The fraction of sp³-hybridized carbons (Fsp3) is 1.00. The Morgan fingerprint density at radius 3 is 2.36 bits per heavy atom. The molecule has 1 aliphatic rings. The Bertz CT molecular complexity index is 124. The predicted octanol–water partition coefficient (Wildman–Crippen LogP) is -3.20. The lowest BCUT2D eigenvalue weighted by Gasteiger charge is -2.31. The minimum atomic E-state index is -0.302. The van der Waals surface area contributed by atoms with Gasteiger partial charge in [-0.2, -0.15) is 0 Å². The third-order valence-electron chi connectivity index (χ3n) is 2.09. The van der Waals surface area contributed by atoms with Crippen LogP contribution in [0.1, 0.15) is 6.92 Å². The van der Waals surface area contributed by atoms with Crippen LogP contribution in [0, 0.1) is 0 Å². The van der Waals surface area contributed by atoms with Crippen LogP contribution in [0.4, 0.5) is 0 Å². The largest absolute Gasteiger partial charge is 1.00 e. The summed E-state index contributed by atoms with van der Waals surface area (Å²) in [5.74, 6) is 0. The fourth-order valence-electron chi connectivity index (χ4n) is 0.851. The summed E-state index contributed by atoms with van der Waals surface area (Å²) in [5.41, 5.74) is 0. The lowest BCUT2D eigenvalue weighted by atomic mass is 10.3. The van der Waals surface area contributed by atoms with Crippen molar-refractivity contribution in [3.8, 4) is 0 Å². The molecule has 0 radical (unpaired) electrons. The molecule has 2 atom stereocenters. The van der Waals surface area contributed by atoms with E-state index in [4.69, 9.17) is 4.74 Å². The van der Waals surface area contributed by atoms with E-state index in [0.29, 0.717) is 10.6 Å². The van der Waals surface area contributed by atoms with E-state index in [1.54, 1.807) is 0 Å². The summed E-state index contributed by atoms with van der Waals surface area (Å²) < 4.78 is 5.70. The number of nitrogens with zero attached hydrogens (tertiary/aromatic N) is 1. The molecule has 1 rings (SSSR count). The summed E-state index contributed by atoms with van der Waals surface area (Å²) in [7, 11) is 4.01. The van der Waals surface area contributed by atoms with Crippen LogP contribution >= 0.6 is 0 Å². The second-order valence-electron chi connectivity index (χ2n) is 3.55. The molecule has 0 aromatic carbocycles. The molecule has 1 heterocycles. The van der Waals surface area contributed by atoms with Crippen LogP contribution in [0.5, 0.6) is 0 Å². The van der Waals surface area contributed by atoms with Crippen molar-refractivity contribution in [1.82, 2.24) is 0 Å². The van der Waals surface area contributed by atoms with Crippen LogP contribution in [0.2, 0.25) is 0 Å². The maximum atomic E-state index is 9.27. The number of aliphatic hydroxyl groups excluding tert-OH is 1. The molecule has 0 aliphatic carbocycles. The number of likely N-dealkylation sites (N-methyl/N-ethyl adjacent to an activating group) is 1. The normalized spacial score (nSPS) is 25.6. The van der Waals surface area contributed by atoms with Gasteiger partial charge in [-0.15, -0.1) is 0 Å². The molecule has 0 saturated carbocycles. The molecule has 3 nitrogen and oxygen atoms in total. The van der Waals surface area contributed by atoms with Gasteiger partial charge in [0.05, 0.1) is 20.7 Å². The highest BCUT2D eigenvalue weighted by atomic mass is 35.5. The van der Waals surface area contributed by atoms with Crippen LogP contribution < -0.4 is 12.4 Å². The van der Waals surface area contributed by atoms with Crippen molar-refractivity contribution < 1.29 is 26.7 Å². The van der Waals surface area contributed by atoms with E-state index in [1.165, 1.54) is 0 Å². The molecule has 0 aromatic heterocycles. The van der Waals surface area contributed by atoms with Crippen molar-refractivity contribution in [2.24, 2.45) is 0 Å². The number of rotatable bonds is 3. The molecular weight excluding hydrogens is 166 g/mol. The maximum Gasteiger partial charge on any atom is 0.187 e. The smallest absolute Gasteiger partial charge is 0.187 e. The van der Waals surface area contributed by atoms with Gasteiger partial charge in [-0.1, -0.05) is 0 Å². The van der Waals surface area contributed by atoms with Gasteiger partial charge in [-0.05, 0) is 0 Å². The number of hydrogen-bond acceptors (Lipinski definition) is 2. The molecule has 1 fully saturated rings. The Labute approximate surface area is 74.0 Å². The first-order valence-electron chi connectivity index (χ1n) is 3.65. The van der Waals surface area contributed by atoms with E-state index in [1.807, 2.05) is 21.0 Å². The topological polar surface area (TPSA) is 32.8 Å². The summed E-state index contributed by atoms with van der Waals surface area (Å²) in [6.45, 7) is 3.59. The average molecular weight is 182 g/mol. The standard InChI is InChI=1S/C7H16NO2.ClH/c1-6(9)8(2,3)4-7-5-10-7;/h6-7,9H,4-5H2,1-3H3;1H/q+1;/p-1. The van der Waals surface area contributed by atoms with Gasteiger partial charge in [0.2, 0.25) is 0 Å². The molecule has 0 bridgehead atoms. The number of hydrogen-bond donors (Lipinski definition) is 1. The maximum absolute atomic E-state index is 9.27. The number of quaternary nitrogens is 1. The zero-order chi connectivity index (χ0) is 7.78. The first kappa shape index (κ1) is 11.2. The van der Waals surface area contributed by atoms with E-state index >= 15 is 0 Å². The highest BCUT2D eigenvalue weighted by molar-refractivity contribution is 4.67. The van der Waals surface area contributed by atoms with Gasteiger partial charge < -0.3 is 26.7 Å². The molecule has 1 aliphatic heterocycles. The van der Waals surface area contributed by atoms with Gasteiger partial charge in [0.25, 0.3) is 0 Å². The summed E-state index contributed by atoms with van der Waals surface area (Å²) in [6, 6.07) is 0. The lowest BCUT2D eigenvalue weighted by molar-refractivity contribution is -0.934. The molecular formula is C7H16ClNO2. The number of halogens is 1. The molecule has 11 heavy (non-hydrogen) atoms. The predicted molar refractivity (Wildman–Crippen MR) is 38.4 cm³/mol. The van der Waals surface area contributed by atoms with E-state index in [2.05, 4.69) is 0 Å². The monoisotopic (exact) mass is 181 g/mol. The van der Waals surface area contributed by atoms with Crippen LogP contribution in [0.3, 0.4) is 0 Å².